The van der Waals surface area contributed by atoms with E-state index >= 15 is 0 Å². The molecule has 0 aromatic heterocycles. The van der Waals surface area contributed by atoms with Gasteiger partial charge in [0.25, 0.3) is 5.91 Å². The third-order valence-electron chi connectivity index (χ3n) is 9.49. The lowest BCUT2D eigenvalue weighted by Gasteiger charge is -2.50. The molecule has 7 N–H and O–H groups in total. The Bertz CT molecular complexity index is 1380. The number of nitrogens with two attached hydrogens (primary N) is 1. The molecule has 222 valence electrons. The molecule has 4 aliphatic carbocycles. The van der Waals surface area contributed by atoms with Gasteiger partial charge in [0.2, 0.25) is 5.78 Å². The number of carbonyl (C=O) groups excluding carboxylic acids is 3. The summed E-state index contributed by atoms with van der Waals surface area (Å²) in [4.78, 5) is 43.2. The van der Waals surface area contributed by atoms with Gasteiger partial charge in [-0.3, -0.25) is 19.3 Å². The van der Waals surface area contributed by atoms with Crippen molar-refractivity contribution in [1.29, 1.82) is 0 Å². The minimum atomic E-state index is -2.65. The van der Waals surface area contributed by atoms with Gasteiger partial charge in [-0.15, -0.1) is 0 Å². The van der Waals surface area contributed by atoms with E-state index in [1.165, 1.54) is 19.3 Å². The minimum absolute atomic E-state index is 0.0168. The number of hydrogen-bond acceptors (Lipinski definition) is 10. The van der Waals surface area contributed by atoms with Gasteiger partial charge in [0, 0.05) is 37.8 Å². The van der Waals surface area contributed by atoms with E-state index in [0.29, 0.717) is 23.7 Å². The van der Waals surface area contributed by atoms with E-state index in [4.69, 9.17) is 5.73 Å². The lowest BCUT2D eigenvalue weighted by atomic mass is 9.58. The van der Waals surface area contributed by atoms with Crippen LogP contribution in [0.3, 0.4) is 0 Å². The Morgan fingerprint density at radius 3 is 2.34 bits per heavy atom. The number of ketones is 2. The lowest BCUT2D eigenvalue weighted by Crippen LogP contribution is -2.63. The number of nitrogens with one attached hydrogen (secondary N) is 1. The Balaban J connectivity index is 1.63. The third-order valence-corrected chi connectivity index (χ3v) is 9.49. The summed E-state index contributed by atoms with van der Waals surface area (Å²) in [6.45, 7) is 0.650. The fourth-order valence-electron chi connectivity index (χ4n) is 7.48. The van der Waals surface area contributed by atoms with E-state index in [2.05, 4.69) is 5.32 Å². The van der Waals surface area contributed by atoms with Crippen molar-refractivity contribution in [2.24, 2.45) is 23.5 Å². The second-order valence-corrected chi connectivity index (χ2v) is 12.4. The molecular weight excluding hydrogens is 528 g/mol. The van der Waals surface area contributed by atoms with Gasteiger partial charge >= 0.3 is 0 Å². The molecule has 1 amide bonds. The molecule has 0 aliphatic heterocycles. The van der Waals surface area contributed by atoms with Gasteiger partial charge in [-0.1, -0.05) is 19.3 Å². The first-order valence-electron chi connectivity index (χ1n) is 14.2. The molecule has 4 aliphatic rings. The number of Topliss-reactive ketones (excluding diaryl/α,β-unsaturated/α-hetero) is 2. The van der Waals surface area contributed by atoms with Crippen LogP contribution in [0, 0.1) is 17.8 Å². The molecule has 0 bridgehead atoms. The van der Waals surface area contributed by atoms with E-state index in [-0.39, 0.29) is 29.7 Å². The summed E-state index contributed by atoms with van der Waals surface area (Å²) < 4.78 is 0. The van der Waals surface area contributed by atoms with Crippen LogP contribution in [-0.4, -0.2) is 89.2 Å². The number of carbonyl (C=O) groups is 3. The Morgan fingerprint density at radius 2 is 1.76 bits per heavy atom. The number of phenols is 1. The SMILES string of the molecule is CN(C)c1cc(NCC2CCCCC2)c(O)c2c1C[C@H]1C[C@H]3[C@H](N(C)C)C(O)=C(C(N)=O)C(=O)[C@@]3(O)C(O)=C1C2=O. The molecule has 11 heteroatoms. The fraction of sp³-hybridized carbons (Fsp3) is 0.567. The number of likely N-dealkylation sites (N-methyl/N-ethyl adjacent to an activating group) is 1. The Labute approximate surface area is 239 Å². The summed E-state index contributed by atoms with van der Waals surface area (Å²) in [5.74, 6) is -6.05. The number of anilines is 2. The Kier molecular flexibility index (Phi) is 7.31. The Hall–Kier alpha value is -3.57. The highest BCUT2D eigenvalue weighted by Gasteiger charge is 2.63. The average molecular weight is 569 g/mol. The molecule has 1 aromatic carbocycles. The number of fused-ring (bicyclic) bond motifs is 3. The minimum Gasteiger partial charge on any atom is -0.510 e. The van der Waals surface area contributed by atoms with Gasteiger partial charge < -0.3 is 36.4 Å². The van der Waals surface area contributed by atoms with Crippen molar-refractivity contribution in [1.82, 2.24) is 4.90 Å². The van der Waals surface area contributed by atoms with Crippen LogP contribution in [0.15, 0.2) is 28.7 Å². The predicted molar refractivity (Wildman–Crippen MR) is 153 cm³/mol. The van der Waals surface area contributed by atoms with Gasteiger partial charge in [0.05, 0.1) is 17.3 Å². The van der Waals surface area contributed by atoms with Crippen molar-refractivity contribution in [3.05, 3.63) is 39.9 Å². The number of nitrogens with zero attached hydrogens (tertiary/aromatic N) is 2. The van der Waals surface area contributed by atoms with Crippen molar-refractivity contribution in [2.75, 3.05) is 45.0 Å². The number of rotatable bonds is 6. The molecule has 5 rings (SSSR count). The molecular formula is C30H40N4O7. The average Bonchev–Trinajstić information content (AvgIpc) is 2.90. The first-order valence-corrected chi connectivity index (χ1v) is 14.2. The van der Waals surface area contributed by atoms with Crippen LogP contribution in [0.25, 0.3) is 0 Å². The topological polar surface area (TPSA) is 177 Å². The molecule has 0 spiro atoms. The van der Waals surface area contributed by atoms with Crippen LogP contribution in [0.5, 0.6) is 5.75 Å². The van der Waals surface area contributed by atoms with Crippen molar-refractivity contribution < 1.29 is 34.8 Å². The van der Waals surface area contributed by atoms with E-state index in [1.807, 2.05) is 25.1 Å². The zero-order chi connectivity index (χ0) is 30.0. The van der Waals surface area contributed by atoms with Crippen LogP contribution in [-0.2, 0) is 16.0 Å². The number of amides is 1. The smallest absolute Gasteiger partial charge is 0.255 e. The Morgan fingerprint density at radius 1 is 1.10 bits per heavy atom. The first kappa shape index (κ1) is 28.9. The molecule has 1 saturated carbocycles. The number of benzene rings is 1. The molecule has 1 fully saturated rings. The van der Waals surface area contributed by atoms with Gasteiger partial charge in [-0.2, -0.15) is 0 Å². The highest BCUT2D eigenvalue weighted by atomic mass is 16.3. The highest BCUT2D eigenvalue weighted by Crippen LogP contribution is 2.54. The maximum absolute atomic E-state index is 14.1. The number of aliphatic hydroxyl groups excluding tert-OH is 2. The summed E-state index contributed by atoms with van der Waals surface area (Å²) >= 11 is 0. The summed E-state index contributed by atoms with van der Waals surface area (Å²) in [7, 11) is 6.91. The van der Waals surface area contributed by atoms with Crippen molar-refractivity contribution in [2.45, 2.75) is 56.6 Å². The molecule has 1 aromatic rings. The quantitative estimate of drug-likeness (QED) is 0.220. The van der Waals surface area contributed by atoms with Crippen LogP contribution in [0.1, 0.15) is 54.4 Å². The molecule has 0 saturated heterocycles. The van der Waals surface area contributed by atoms with Crippen molar-refractivity contribution >= 4 is 28.8 Å². The van der Waals surface area contributed by atoms with Gasteiger partial charge in [-0.05, 0) is 63.2 Å². The molecule has 4 atom stereocenters. The third kappa shape index (κ3) is 4.37. The molecule has 0 heterocycles. The fourth-order valence-corrected chi connectivity index (χ4v) is 7.48. The summed E-state index contributed by atoms with van der Waals surface area (Å²) in [5.41, 5.74) is 3.55. The lowest BCUT2D eigenvalue weighted by molar-refractivity contribution is -0.148. The zero-order valence-electron chi connectivity index (χ0n) is 24.0. The summed E-state index contributed by atoms with van der Waals surface area (Å²) in [6.07, 6.45) is 6.06. The standard InChI is InChI=1S/C30H40N4O7/c1-33(2)19-12-18(32-13-14-8-6-5-7-9-14)24(35)21-16(19)10-15-11-17-23(34(3)4)26(37)22(29(31)40)28(39)30(17,41)27(38)20(15)25(21)36/h12,14-15,17,23,32,35,37-38,41H,5-11,13H2,1-4H3,(H2,31,40)/t15-,17-,23-,30-/m0/s1. The van der Waals surface area contributed by atoms with Crippen LogP contribution < -0.4 is 16.0 Å². The van der Waals surface area contributed by atoms with Crippen LogP contribution in [0.2, 0.25) is 0 Å². The van der Waals surface area contributed by atoms with Gasteiger partial charge in [0.15, 0.2) is 11.4 Å². The molecule has 0 unspecified atom stereocenters. The number of primary amides is 1. The van der Waals surface area contributed by atoms with E-state index in [1.54, 1.807) is 19.0 Å². The number of phenolic OH excluding ortho intramolecular Hbond substituents is 1. The maximum atomic E-state index is 14.1. The molecule has 11 nitrogen and oxygen atoms in total. The van der Waals surface area contributed by atoms with Crippen LogP contribution >= 0.6 is 0 Å². The summed E-state index contributed by atoms with van der Waals surface area (Å²) in [5, 5.41) is 49.0. The van der Waals surface area contributed by atoms with Crippen molar-refractivity contribution in [3.63, 3.8) is 0 Å². The normalized spacial score (nSPS) is 28.4. The van der Waals surface area contributed by atoms with E-state index < -0.39 is 58.0 Å². The van der Waals surface area contributed by atoms with E-state index in [0.717, 1.165) is 18.5 Å². The number of aromatic hydroxyl groups is 1. The monoisotopic (exact) mass is 568 g/mol. The van der Waals surface area contributed by atoms with E-state index in [9.17, 15) is 34.8 Å². The van der Waals surface area contributed by atoms with Gasteiger partial charge in [0.1, 0.15) is 22.8 Å². The number of hydrogen-bond donors (Lipinski definition) is 6. The second-order valence-electron chi connectivity index (χ2n) is 12.4. The van der Waals surface area contributed by atoms with Crippen LogP contribution in [0.4, 0.5) is 11.4 Å². The second kappa shape index (κ2) is 10.4. The van der Waals surface area contributed by atoms with Crippen molar-refractivity contribution in [3.8, 4) is 5.75 Å². The molecule has 41 heavy (non-hydrogen) atoms. The zero-order valence-corrected chi connectivity index (χ0v) is 24.0. The number of allylic oxidation sites excluding steroid dienone is 1. The summed E-state index contributed by atoms with van der Waals surface area (Å²) in [6, 6.07) is 0.812. The number of aliphatic hydroxyl groups is 3. The largest absolute Gasteiger partial charge is 0.510 e. The molecule has 0 radical (unpaired) electrons. The first-order chi connectivity index (χ1) is 19.3. The maximum Gasteiger partial charge on any atom is 0.255 e. The van der Waals surface area contributed by atoms with Gasteiger partial charge in [-0.25, -0.2) is 0 Å². The highest BCUT2D eigenvalue weighted by molar-refractivity contribution is 6.25. The predicted octanol–water partition coefficient (Wildman–Crippen LogP) is 2.18.